The van der Waals surface area contributed by atoms with Crippen LogP contribution >= 0.6 is 0 Å². The molecule has 0 bridgehead atoms. The lowest BCUT2D eigenvalue weighted by molar-refractivity contribution is 0.148. The third kappa shape index (κ3) is 3.88. The molecule has 0 atom stereocenters. The minimum absolute atomic E-state index is 0.207. The van der Waals surface area contributed by atoms with E-state index < -0.39 is 0 Å². The van der Waals surface area contributed by atoms with E-state index in [1.165, 1.54) is 5.57 Å². The summed E-state index contributed by atoms with van der Waals surface area (Å²) in [5, 5.41) is 3.44. The maximum Gasteiger partial charge on any atom is 0.0689 e. The Kier molecular flexibility index (Phi) is 3.29. The maximum absolute atomic E-state index is 5.34. The van der Waals surface area contributed by atoms with Gasteiger partial charge in [0.2, 0.25) is 0 Å². The summed E-state index contributed by atoms with van der Waals surface area (Å²) < 4.78 is 5.34. The Labute approximate surface area is 75.0 Å². The van der Waals surface area contributed by atoms with Crippen LogP contribution in [-0.2, 0) is 4.74 Å². The fourth-order valence-electron chi connectivity index (χ4n) is 1.11. The first-order valence-electron chi connectivity index (χ1n) is 4.58. The average molecular weight is 169 g/mol. The lowest BCUT2D eigenvalue weighted by atomic mass is 10.1. The van der Waals surface area contributed by atoms with Crippen LogP contribution in [0, 0.1) is 0 Å². The van der Waals surface area contributed by atoms with Gasteiger partial charge in [-0.25, -0.2) is 0 Å². The molecule has 2 heteroatoms. The van der Waals surface area contributed by atoms with E-state index in [9.17, 15) is 0 Å². The summed E-state index contributed by atoms with van der Waals surface area (Å²) >= 11 is 0. The van der Waals surface area contributed by atoms with E-state index >= 15 is 0 Å². The summed E-state index contributed by atoms with van der Waals surface area (Å²) in [6.07, 6.45) is 3.35. The second kappa shape index (κ2) is 4.06. The monoisotopic (exact) mass is 169 g/mol. The van der Waals surface area contributed by atoms with Gasteiger partial charge in [-0.2, -0.15) is 0 Å². The highest BCUT2D eigenvalue weighted by Crippen LogP contribution is 2.06. The van der Waals surface area contributed by atoms with Gasteiger partial charge >= 0.3 is 0 Å². The smallest absolute Gasteiger partial charge is 0.0689 e. The molecular formula is C10H19NO. The lowest BCUT2D eigenvalue weighted by Gasteiger charge is -2.23. The van der Waals surface area contributed by atoms with Gasteiger partial charge in [-0.1, -0.05) is 6.08 Å². The van der Waals surface area contributed by atoms with Gasteiger partial charge in [-0.3, -0.25) is 0 Å². The summed E-state index contributed by atoms with van der Waals surface area (Å²) in [4.78, 5) is 0. The normalized spacial score (nSPS) is 19.1. The van der Waals surface area contributed by atoms with Gasteiger partial charge in [0.05, 0.1) is 13.2 Å². The van der Waals surface area contributed by atoms with Gasteiger partial charge in [0.15, 0.2) is 0 Å². The van der Waals surface area contributed by atoms with Crippen LogP contribution in [0.25, 0.3) is 0 Å². The van der Waals surface area contributed by atoms with Crippen molar-refractivity contribution in [1.82, 2.24) is 5.32 Å². The molecular weight excluding hydrogens is 150 g/mol. The van der Waals surface area contributed by atoms with Crippen molar-refractivity contribution in [3.8, 4) is 0 Å². The van der Waals surface area contributed by atoms with E-state index in [1.54, 1.807) is 0 Å². The first-order chi connectivity index (χ1) is 5.58. The largest absolute Gasteiger partial charge is 0.377 e. The Morgan fingerprint density at radius 3 is 2.75 bits per heavy atom. The summed E-state index contributed by atoms with van der Waals surface area (Å²) in [7, 11) is 0. The SMILES string of the molecule is CC(C)(C)NCC1=CCCOC1. The zero-order valence-corrected chi connectivity index (χ0v) is 8.31. The summed E-state index contributed by atoms with van der Waals surface area (Å²) in [6, 6.07) is 0. The van der Waals surface area contributed by atoms with Gasteiger partial charge in [-0.15, -0.1) is 0 Å². The molecule has 0 amide bonds. The van der Waals surface area contributed by atoms with E-state index in [2.05, 4.69) is 32.2 Å². The van der Waals surface area contributed by atoms with Crippen LogP contribution in [0.5, 0.6) is 0 Å². The second-order valence-electron chi connectivity index (χ2n) is 4.31. The molecule has 0 aliphatic carbocycles. The van der Waals surface area contributed by atoms with Crippen LogP contribution in [0.1, 0.15) is 27.2 Å². The molecule has 1 rings (SSSR count). The van der Waals surface area contributed by atoms with Gasteiger partial charge < -0.3 is 10.1 Å². The summed E-state index contributed by atoms with van der Waals surface area (Å²) in [6.45, 7) is 9.19. The van der Waals surface area contributed by atoms with Crippen molar-refractivity contribution in [3.05, 3.63) is 11.6 Å². The maximum atomic E-state index is 5.34. The van der Waals surface area contributed by atoms with Gasteiger partial charge in [0, 0.05) is 12.1 Å². The van der Waals surface area contributed by atoms with Crippen LogP contribution in [0.2, 0.25) is 0 Å². The number of rotatable bonds is 2. The van der Waals surface area contributed by atoms with Crippen molar-refractivity contribution in [3.63, 3.8) is 0 Å². The Balaban J connectivity index is 2.26. The molecule has 70 valence electrons. The average Bonchev–Trinajstić information content (AvgIpc) is 2.02. The van der Waals surface area contributed by atoms with Crippen LogP contribution in [-0.4, -0.2) is 25.3 Å². The van der Waals surface area contributed by atoms with Gasteiger partial charge in [0.25, 0.3) is 0 Å². The van der Waals surface area contributed by atoms with E-state index in [0.717, 1.165) is 26.2 Å². The molecule has 0 aromatic rings. The number of hydrogen-bond acceptors (Lipinski definition) is 2. The zero-order valence-electron chi connectivity index (χ0n) is 8.31. The Hall–Kier alpha value is -0.340. The molecule has 2 nitrogen and oxygen atoms in total. The molecule has 0 fully saturated rings. The standard InChI is InChI=1S/C10H19NO/c1-10(2,3)11-7-9-5-4-6-12-8-9/h5,11H,4,6-8H2,1-3H3. The van der Waals surface area contributed by atoms with Crippen molar-refractivity contribution >= 4 is 0 Å². The first kappa shape index (κ1) is 9.75. The molecule has 1 aliphatic rings. The molecule has 0 spiro atoms. The summed E-state index contributed by atoms with van der Waals surface area (Å²) in [5.74, 6) is 0. The van der Waals surface area contributed by atoms with E-state index in [-0.39, 0.29) is 5.54 Å². The minimum Gasteiger partial charge on any atom is -0.377 e. The minimum atomic E-state index is 0.207. The van der Waals surface area contributed by atoms with Crippen LogP contribution < -0.4 is 5.32 Å². The predicted molar refractivity (Wildman–Crippen MR) is 51.3 cm³/mol. The molecule has 0 saturated carbocycles. The topological polar surface area (TPSA) is 21.3 Å². The van der Waals surface area contributed by atoms with Crippen molar-refractivity contribution in [2.24, 2.45) is 0 Å². The quantitative estimate of drug-likeness (QED) is 0.635. The third-order valence-electron chi connectivity index (χ3n) is 1.83. The van der Waals surface area contributed by atoms with Crippen LogP contribution in [0.4, 0.5) is 0 Å². The fraction of sp³-hybridized carbons (Fsp3) is 0.800. The molecule has 0 aromatic carbocycles. The molecule has 1 heterocycles. The molecule has 0 radical (unpaired) electrons. The molecule has 0 unspecified atom stereocenters. The third-order valence-corrected chi connectivity index (χ3v) is 1.83. The van der Waals surface area contributed by atoms with E-state index in [4.69, 9.17) is 4.74 Å². The van der Waals surface area contributed by atoms with Gasteiger partial charge in [-0.05, 0) is 32.8 Å². The Bertz CT molecular complexity index is 167. The molecule has 1 aliphatic heterocycles. The Morgan fingerprint density at radius 1 is 1.50 bits per heavy atom. The highest BCUT2D eigenvalue weighted by atomic mass is 16.5. The molecule has 0 saturated heterocycles. The molecule has 0 aromatic heterocycles. The number of ether oxygens (including phenoxy) is 1. The van der Waals surface area contributed by atoms with Crippen LogP contribution in [0.3, 0.4) is 0 Å². The number of nitrogens with one attached hydrogen (secondary N) is 1. The first-order valence-corrected chi connectivity index (χ1v) is 4.58. The zero-order chi connectivity index (χ0) is 9.03. The van der Waals surface area contributed by atoms with Crippen molar-refractivity contribution in [2.75, 3.05) is 19.8 Å². The molecule has 12 heavy (non-hydrogen) atoms. The highest BCUT2D eigenvalue weighted by molar-refractivity contribution is 5.07. The highest BCUT2D eigenvalue weighted by Gasteiger charge is 2.10. The van der Waals surface area contributed by atoms with E-state index in [0.29, 0.717) is 0 Å². The van der Waals surface area contributed by atoms with E-state index in [1.807, 2.05) is 0 Å². The fourth-order valence-corrected chi connectivity index (χ4v) is 1.11. The van der Waals surface area contributed by atoms with Crippen LogP contribution in [0.15, 0.2) is 11.6 Å². The van der Waals surface area contributed by atoms with Crippen molar-refractivity contribution in [1.29, 1.82) is 0 Å². The molecule has 1 N–H and O–H groups in total. The second-order valence-corrected chi connectivity index (χ2v) is 4.31. The number of hydrogen-bond donors (Lipinski definition) is 1. The van der Waals surface area contributed by atoms with Gasteiger partial charge in [0.1, 0.15) is 0 Å². The summed E-state index contributed by atoms with van der Waals surface area (Å²) in [5.41, 5.74) is 1.59. The van der Waals surface area contributed by atoms with Crippen molar-refractivity contribution < 1.29 is 4.74 Å². The van der Waals surface area contributed by atoms with Crippen molar-refractivity contribution in [2.45, 2.75) is 32.7 Å². The lowest BCUT2D eigenvalue weighted by Crippen LogP contribution is -2.37. The Morgan fingerprint density at radius 2 is 2.25 bits per heavy atom. The predicted octanol–water partition coefficient (Wildman–Crippen LogP) is 1.72.